The fourth-order valence-corrected chi connectivity index (χ4v) is 5.92. The Labute approximate surface area is 150 Å². The topological polar surface area (TPSA) is 17.1 Å². The van der Waals surface area contributed by atoms with E-state index in [1.54, 1.807) is 0 Å². The van der Waals surface area contributed by atoms with E-state index in [9.17, 15) is 4.57 Å². The largest absolute Gasteiger partial charge is 0.309 e. The van der Waals surface area contributed by atoms with Gasteiger partial charge in [-0.3, -0.25) is 0 Å². The molecule has 25 heavy (non-hydrogen) atoms. The lowest BCUT2D eigenvalue weighted by Gasteiger charge is -2.22. The van der Waals surface area contributed by atoms with Crippen LogP contribution in [0.1, 0.15) is 25.0 Å². The summed E-state index contributed by atoms with van der Waals surface area (Å²) >= 11 is 0. The van der Waals surface area contributed by atoms with Crippen LogP contribution in [0.5, 0.6) is 0 Å². The summed E-state index contributed by atoms with van der Waals surface area (Å²) in [4.78, 5) is 0. The Balaban J connectivity index is 2.23. The highest BCUT2D eigenvalue weighted by Gasteiger charge is 2.30. The van der Waals surface area contributed by atoms with E-state index in [0.717, 1.165) is 27.1 Å². The standard InChI is InChI=1S/C23H23OP/c1-18-14-16-21(17-15-18)19(2)20(3)25(24,22-10-6-4-7-11-22)23-12-8-5-9-13-23/h4-17H,1-3H3/b20-19+. The monoisotopic (exact) mass is 346 g/mol. The van der Waals surface area contributed by atoms with Gasteiger partial charge in [0.25, 0.3) is 0 Å². The van der Waals surface area contributed by atoms with Crippen molar-refractivity contribution in [2.75, 3.05) is 0 Å². The lowest BCUT2D eigenvalue weighted by atomic mass is 10.1. The van der Waals surface area contributed by atoms with Crippen molar-refractivity contribution in [2.24, 2.45) is 0 Å². The van der Waals surface area contributed by atoms with Gasteiger partial charge in [0.2, 0.25) is 0 Å². The van der Waals surface area contributed by atoms with Crippen molar-refractivity contribution in [3.05, 3.63) is 101 Å². The molecule has 0 fully saturated rings. The summed E-state index contributed by atoms with van der Waals surface area (Å²) in [5.74, 6) is 0. The van der Waals surface area contributed by atoms with Gasteiger partial charge in [-0.15, -0.1) is 0 Å². The molecule has 0 saturated carbocycles. The maximum atomic E-state index is 14.3. The van der Waals surface area contributed by atoms with Gasteiger partial charge in [-0.2, -0.15) is 0 Å². The van der Waals surface area contributed by atoms with Gasteiger partial charge in [0, 0.05) is 10.6 Å². The highest BCUT2D eigenvalue weighted by atomic mass is 31.2. The molecule has 0 bridgehead atoms. The quantitative estimate of drug-likeness (QED) is 0.549. The van der Waals surface area contributed by atoms with Crippen LogP contribution in [0.15, 0.2) is 90.2 Å². The number of rotatable bonds is 4. The molecule has 1 nitrogen and oxygen atoms in total. The molecule has 3 rings (SSSR count). The lowest BCUT2D eigenvalue weighted by molar-refractivity contribution is 0.590. The molecule has 0 spiro atoms. The van der Waals surface area contributed by atoms with Crippen molar-refractivity contribution in [1.82, 2.24) is 0 Å². The van der Waals surface area contributed by atoms with Gasteiger partial charge in [0.1, 0.15) is 0 Å². The minimum Gasteiger partial charge on any atom is -0.309 e. The maximum absolute atomic E-state index is 14.3. The third kappa shape index (κ3) is 3.38. The second-order valence-corrected chi connectivity index (χ2v) is 9.28. The first kappa shape index (κ1) is 17.5. The highest BCUT2D eigenvalue weighted by Crippen LogP contribution is 2.53. The van der Waals surface area contributed by atoms with Crippen LogP contribution >= 0.6 is 7.14 Å². The summed E-state index contributed by atoms with van der Waals surface area (Å²) < 4.78 is 14.3. The fourth-order valence-electron chi connectivity index (χ4n) is 3.06. The van der Waals surface area contributed by atoms with Crippen molar-refractivity contribution in [2.45, 2.75) is 20.8 Å². The molecular weight excluding hydrogens is 323 g/mol. The SMILES string of the molecule is C/C(=C(/C)P(=O)(c1ccccc1)c1ccccc1)c1ccc(C)cc1. The molecule has 0 aliphatic carbocycles. The van der Waals surface area contributed by atoms with E-state index in [4.69, 9.17) is 0 Å². The minimum atomic E-state index is -2.87. The molecule has 0 unspecified atom stereocenters. The third-order valence-corrected chi connectivity index (χ3v) is 8.07. The van der Waals surface area contributed by atoms with E-state index in [-0.39, 0.29) is 0 Å². The molecule has 0 atom stereocenters. The first-order valence-corrected chi connectivity index (χ1v) is 10.2. The molecule has 0 aromatic heterocycles. The Hall–Kier alpha value is -2.37. The van der Waals surface area contributed by atoms with Crippen LogP contribution in [0, 0.1) is 6.92 Å². The van der Waals surface area contributed by atoms with Crippen LogP contribution in [0.3, 0.4) is 0 Å². The average Bonchev–Trinajstić information content (AvgIpc) is 2.68. The van der Waals surface area contributed by atoms with Crippen molar-refractivity contribution in [1.29, 1.82) is 0 Å². The van der Waals surface area contributed by atoms with E-state index in [1.807, 2.05) is 67.6 Å². The number of benzene rings is 3. The van der Waals surface area contributed by atoms with Gasteiger partial charge >= 0.3 is 0 Å². The van der Waals surface area contributed by atoms with Crippen LogP contribution in [-0.4, -0.2) is 0 Å². The predicted molar refractivity (Wildman–Crippen MR) is 109 cm³/mol. The molecule has 0 radical (unpaired) electrons. The Morgan fingerprint density at radius 1 is 0.680 bits per heavy atom. The zero-order chi connectivity index (χ0) is 17.9. The Kier molecular flexibility index (Phi) is 5.06. The van der Waals surface area contributed by atoms with Gasteiger partial charge in [0.15, 0.2) is 7.14 Å². The van der Waals surface area contributed by atoms with Crippen molar-refractivity contribution < 1.29 is 4.57 Å². The summed E-state index contributed by atoms with van der Waals surface area (Å²) in [7, 11) is -2.87. The molecule has 0 N–H and O–H groups in total. The lowest BCUT2D eigenvalue weighted by Crippen LogP contribution is -2.17. The molecule has 3 aromatic rings. The summed E-state index contributed by atoms with van der Waals surface area (Å²) in [5, 5.41) is 2.70. The normalized spacial score (nSPS) is 12.6. The Morgan fingerprint density at radius 3 is 1.56 bits per heavy atom. The summed E-state index contributed by atoms with van der Waals surface area (Å²) in [6, 6.07) is 28.1. The first-order valence-electron chi connectivity index (χ1n) is 8.50. The van der Waals surface area contributed by atoms with Crippen LogP contribution in [-0.2, 0) is 4.57 Å². The van der Waals surface area contributed by atoms with E-state index in [0.29, 0.717) is 0 Å². The molecule has 2 heteroatoms. The number of allylic oxidation sites excluding steroid dienone is 2. The van der Waals surface area contributed by atoms with Crippen molar-refractivity contribution in [3.63, 3.8) is 0 Å². The maximum Gasteiger partial charge on any atom is 0.167 e. The molecule has 0 aliphatic rings. The minimum absolute atomic E-state index is 0.880. The van der Waals surface area contributed by atoms with Crippen LogP contribution in [0.4, 0.5) is 0 Å². The van der Waals surface area contributed by atoms with Crippen molar-refractivity contribution in [3.8, 4) is 0 Å². The first-order chi connectivity index (χ1) is 12.0. The van der Waals surface area contributed by atoms with E-state index < -0.39 is 7.14 Å². The summed E-state index contributed by atoms with van der Waals surface area (Å²) in [6.45, 7) is 6.16. The van der Waals surface area contributed by atoms with Crippen LogP contribution < -0.4 is 10.6 Å². The smallest absolute Gasteiger partial charge is 0.167 e. The molecule has 0 aliphatic heterocycles. The number of hydrogen-bond acceptors (Lipinski definition) is 1. The molecular formula is C23H23OP. The molecule has 0 saturated heterocycles. The number of aryl methyl sites for hydroxylation is 1. The van der Waals surface area contributed by atoms with Gasteiger partial charge in [-0.25, -0.2) is 0 Å². The zero-order valence-electron chi connectivity index (χ0n) is 14.9. The second kappa shape index (κ2) is 7.25. The zero-order valence-corrected chi connectivity index (χ0v) is 15.8. The second-order valence-electron chi connectivity index (χ2n) is 6.36. The van der Waals surface area contributed by atoms with Crippen LogP contribution in [0.25, 0.3) is 5.57 Å². The van der Waals surface area contributed by atoms with Crippen molar-refractivity contribution >= 4 is 23.3 Å². The van der Waals surface area contributed by atoms with Crippen LogP contribution in [0.2, 0.25) is 0 Å². The number of hydrogen-bond donors (Lipinski definition) is 0. The molecule has 0 heterocycles. The third-order valence-electron chi connectivity index (χ3n) is 4.74. The van der Waals surface area contributed by atoms with E-state index >= 15 is 0 Å². The fraction of sp³-hybridized carbons (Fsp3) is 0.130. The summed E-state index contributed by atoms with van der Waals surface area (Å²) in [5.41, 5.74) is 3.43. The molecule has 0 amide bonds. The summed E-state index contributed by atoms with van der Waals surface area (Å²) in [6.07, 6.45) is 0. The Bertz CT molecular complexity index is 879. The van der Waals surface area contributed by atoms with Gasteiger partial charge < -0.3 is 4.57 Å². The highest BCUT2D eigenvalue weighted by molar-refractivity contribution is 7.82. The van der Waals surface area contributed by atoms with Gasteiger partial charge in [0.05, 0.1) is 0 Å². The molecule has 126 valence electrons. The van der Waals surface area contributed by atoms with Gasteiger partial charge in [-0.05, 0) is 37.2 Å². The van der Waals surface area contributed by atoms with E-state index in [2.05, 4.69) is 38.1 Å². The van der Waals surface area contributed by atoms with Gasteiger partial charge in [-0.1, -0.05) is 90.5 Å². The Morgan fingerprint density at radius 2 is 1.12 bits per heavy atom. The average molecular weight is 346 g/mol. The predicted octanol–water partition coefficient (Wildman–Crippen LogP) is 5.76. The molecule has 3 aromatic carbocycles. The van der Waals surface area contributed by atoms with E-state index in [1.165, 1.54) is 5.56 Å².